The molecule has 2 atom stereocenters. The molecule has 0 aliphatic heterocycles. The smallest absolute Gasteiger partial charge is 0.329 e. The molecule has 4 fully saturated rings. The van der Waals surface area contributed by atoms with Crippen molar-refractivity contribution in [2.24, 2.45) is 23.2 Å². The standard InChI is InChI=1S/C24H30N2O7/c1-32-20(27)10-19(17-3-5-18(6-4-17)26(30)31)21(22(28)33-2)25-23(29)24-11-14-7-15(12-24)9-16(8-14)13-24/h3-6,14-16,19,21H,7-13H2,1-2H3,(H,25,29)/t14?,15?,16?,19-,21-,24?/m1/s1. The molecule has 4 bridgehead atoms. The molecular formula is C24H30N2O7. The van der Waals surface area contributed by atoms with Crippen molar-refractivity contribution in [3.05, 3.63) is 39.9 Å². The Kier molecular flexibility index (Phi) is 6.41. The van der Waals surface area contributed by atoms with Gasteiger partial charge in [-0.15, -0.1) is 0 Å². The third-order valence-corrected chi connectivity index (χ3v) is 7.81. The Balaban J connectivity index is 1.62. The van der Waals surface area contributed by atoms with Crippen molar-refractivity contribution in [3.63, 3.8) is 0 Å². The number of carbonyl (C=O) groups is 3. The summed E-state index contributed by atoms with van der Waals surface area (Å²) in [6, 6.07) is 4.51. The highest BCUT2D eigenvalue weighted by molar-refractivity contribution is 5.89. The minimum absolute atomic E-state index is 0.109. The van der Waals surface area contributed by atoms with Gasteiger partial charge in [0.2, 0.25) is 5.91 Å². The Morgan fingerprint density at radius 2 is 1.58 bits per heavy atom. The quantitative estimate of drug-likeness (QED) is 0.360. The first-order valence-corrected chi connectivity index (χ1v) is 11.4. The first-order valence-electron chi connectivity index (χ1n) is 11.4. The number of methoxy groups -OCH3 is 2. The molecule has 0 spiro atoms. The number of nitro benzene ring substituents is 1. The van der Waals surface area contributed by atoms with Gasteiger partial charge in [0.1, 0.15) is 6.04 Å². The Morgan fingerprint density at radius 3 is 2.03 bits per heavy atom. The van der Waals surface area contributed by atoms with Crippen LogP contribution in [0.5, 0.6) is 0 Å². The molecule has 0 saturated heterocycles. The molecule has 0 heterocycles. The van der Waals surface area contributed by atoms with Crippen molar-refractivity contribution in [1.29, 1.82) is 0 Å². The van der Waals surface area contributed by atoms with Crippen LogP contribution in [0.25, 0.3) is 0 Å². The number of hydrogen-bond acceptors (Lipinski definition) is 7. The van der Waals surface area contributed by atoms with Crippen LogP contribution in [0.2, 0.25) is 0 Å². The highest BCUT2D eigenvalue weighted by Crippen LogP contribution is 2.60. The minimum atomic E-state index is -1.11. The number of benzene rings is 1. The number of rotatable bonds is 8. The van der Waals surface area contributed by atoms with Crippen molar-refractivity contribution < 1.29 is 28.8 Å². The molecule has 4 aliphatic rings. The molecule has 4 aliphatic carbocycles. The lowest BCUT2D eigenvalue weighted by atomic mass is 9.49. The van der Waals surface area contributed by atoms with Crippen LogP contribution in [0.4, 0.5) is 5.69 Å². The number of esters is 2. The summed E-state index contributed by atoms with van der Waals surface area (Å²) in [6.45, 7) is 0. The Hall–Kier alpha value is -2.97. The lowest BCUT2D eigenvalue weighted by molar-refractivity contribution is -0.384. The molecule has 5 rings (SSSR count). The van der Waals surface area contributed by atoms with Gasteiger partial charge in [0, 0.05) is 23.5 Å². The summed E-state index contributed by atoms with van der Waals surface area (Å²) in [4.78, 5) is 49.2. The fourth-order valence-corrected chi connectivity index (χ4v) is 6.67. The molecular weight excluding hydrogens is 428 g/mol. The third kappa shape index (κ3) is 4.58. The second-order valence-electron chi connectivity index (χ2n) is 9.91. The lowest BCUT2D eigenvalue weighted by Gasteiger charge is -2.55. The zero-order chi connectivity index (χ0) is 23.8. The lowest BCUT2D eigenvalue weighted by Crippen LogP contribution is -2.57. The molecule has 1 N–H and O–H groups in total. The molecule has 33 heavy (non-hydrogen) atoms. The van der Waals surface area contributed by atoms with Gasteiger partial charge in [0.05, 0.1) is 25.6 Å². The monoisotopic (exact) mass is 458 g/mol. The maximum absolute atomic E-state index is 13.6. The van der Waals surface area contributed by atoms with E-state index in [0.717, 1.165) is 19.3 Å². The summed E-state index contributed by atoms with van der Waals surface area (Å²) in [5.41, 5.74) is -0.0817. The average Bonchev–Trinajstić information content (AvgIpc) is 2.79. The zero-order valence-corrected chi connectivity index (χ0v) is 19.0. The number of hydrogen-bond donors (Lipinski definition) is 1. The summed E-state index contributed by atoms with van der Waals surface area (Å²) in [6.07, 6.45) is 5.85. The van der Waals surface area contributed by atoms with E-state index in [1.807, 2.05) is 0 Å². The van der Waals surface area contributed by atoms with E-state index < -0.39 is 34.2 Å². The van der Waals surface area contributed by atoms with Crippen LogP contribution in [0.15, 0.2) is 24.3 Å². The number of nitrogens with zero attached hydrogens (tertiary/aromatic N) is 1. The van der Waals surface area contributed by atoms with E-state index >= 15 is 0 Å². The van der Waals surface area contributed by atoms with Crippen molar-refractivity contribution in [3.8, 4) is 0 Å². The van der Waals surface area contributed by atoms with Gasteiger partial charge in [0.15, 0.2) is 0 Å². The number of non-ortho nitro benzene ring substituents is 1. The number of amides is 1. The highest BCUT2D eigenvalue weighted by atomic mass is 16.6. The van der Waals surface area contributed by atoms with E-state index in [0.29, 0.717) is 23.3 Å². The summed E-state index contributed by atoms with van der Waals surface area (Å²) < 4.78 is 9.82. The van der Waals surface area contributed by atoms with Crippen LogP contribution in [-0.2, 0) is 23.9 Å². The highest BCUT2D eigenvalue weighted by Gasteiger charge is 2.55. The van der Waals surface area contributed by atoms with Crippen molar-refractivity contribution >= 4 is 23.5 Å². The van der Waals surface area contributed by atoms with Crippen LogP contribution >= 0.6 is 0 Å². The molecule has 1 aromatic carbocycles. The van der Waals surface area contributed by atoms with E-state index in [2.05, 4.69) is 5.32 Å². The summed E-state index contributed by atoms with van der Waals surface area (Å²) >= 11 is 0. The second-order valence-corrected chi connectivity index (χ2v) is 9.91. The molecule has 9 heteroatoms. The number of carbonyl (C=O) groups excluding carboxylic acids is 3. The van der Waals surface area contributed by atoms with Crippen LogP contribution in [-0.4, -0.2) is 43.0 Å². The van der Waals surface area contributed by atoms with Gasteiger partial charge in [-0.1, -0.05) is 12.1 Å². The van der Waals surface area contributed by atoms with E-state index in [4.69, 9.17) is 9.47 Å². The van der Waals surface area contributed by atoms with Crippen LogP contribution < -0.4 is 5.32 Å². The molecule has 0 aromatic heterocycles. The topological polar surface area (TPSA) is 125 Å². The Bertz CT molecular complexity index is 907. The predicted molar refractivity (Wildman–Crippen MR) is 117 cm³/mol. The predicted octanol–water partition coefficient (Wildman–Crippen LogP) is 3.12. The van der Waals surface area contributed by atoms with Gasteiger partial charge in [-0.05, 0) is 61.8 Å². The third-order valence-electron chi connectivity index (χ3n) is 7.81. The first kappa shape index (κ1) is 23.2. The minimum Gasteiger partial charge on any atom is -0.469 e. The molecule has 0 unspecified atom stereocenters. The maximum Gasteiger partial charge on any atom is 0.329 e. The fraction of sp³-hybridized carbons (Fsp3) is 0.625. The van der Waals surface area contributed by atoms with Gasteiger partial charge >= 0.3 is 11.9 Å². The van der Waals surface area contributed by atoms with E-state index in [9.17, 15) is 24.5 Å². The van der Waals surface area contributed by atoms with E-state index in [-0.39, 0.29) is 18.0 Å². The molecule has 1 aromatic rings. The Labute approximate surface area is 192 Å². The summed E-state index contributed by atoms with van der Waals surface area (Å²) in [7, 11) is 2.48. The van der Waals surface area contributed by atoms with Gasteiger partial charge in [-0.25, -0.2) is 4.79 Å². The van der Waals surface area contributed by atoms with Crippen molar-refractivity contribution in [2.75, 3.05) is 14.2 Å². The fourth-order valence-electron chi connectivity index (χ4n) is 6.67. The maximum atomic E-state index is 13.6. The molecule has 0 radical (unpaired) electrons. The largest absolute Gasteiger partial charge is 0.469 e. The van der Waals surface area contributed by atoms with Gasteiger partial charge < -0.3 is 14.8 Å². The number of nitrogens with one attached hydrogen (secondary N) is 1. The SMILES string of the molecule is COC(=O)C[C@H](c1ccc([N+](=O)[O-])cc1)[C@@H](NC(=O)C12CC3CC(CC(C3)C1)C2)C(=O)OC. The average molecular weight is 459 g/mol. The van der Waals surface area contributed by atoms with E-state index in [1.54, 1.807) is 0 Å². The summed E-state index contributed by atoms with van der Waals surface area (Å²) in [5.74, 6) is -0.508. The first-order chi connectivity index (χ1) is 15.7. The molecule has 1 amide bonds. The molecule has 4 saturated carbocycles. The zero-order valence-electron chi connectivity index (χ0n) is 19.0. The Morgan fingerprint density at radius 1 is 1.03 bits per heavy atom. The molecule has 178 valence electrons. The normalized spacial score (nSPS) is 29.1. The van der Waals surface area contributed by atoms with Crippen LogP contribution in [0, 0.1) is 33.3 Å². The van der Waals surface area contributed by atoms with Gasteiger partial charge in [-0.2, -0.15) is 0 Å². The number of nitro groups is 1. The van der Waals surface area contributed by atoms with Gasteiger partial charge in [-0.3, -0.25) is 19.7 Å². The van der Waals surface area contributed by atoms with Crippen LogP contribution in [0.1, 0.15) is 56.4 Å². The van der Waals surface area contributed by atoms with Crippen molar-refractivity contribution in [1.82, 2.24) is 5.32 Å². The van der Waals surface area contributed by atoms with Crippen LogP contribution in [0.3, 0.4) is 0 Å². The van der Waals surface area contributed by atoms with E-state index in [1.165, 1.54) is 57.7 Å². The summed E-state index contributed by atoms with van der Waals surface area (Å²) in [5, 5.41) is 14.0. The second kappa shape index (κ2) is 9.11. The molecule has 9 nitrogen and oxygen atoms in total. The van der Waals surface area contributed by atoms with Crippen molar-refractivity contribution in [2.45, 2.75) is 56.9 Å². The van der Waals surface area contributed by atoms with Gasteiger partial charge in [0.25, 0.3) is 5.69 Å². The number of ether oxygens (including phenoxy) is 2.